The fraction of sp³-hybridized carbons (Fsp3) is 0.667. The highest BCUT2D eigenvalue weighted by atomic mass is 16.5. The van der Waals surface area contributed by atoms with E-state index in [0.717, 1.165) is 0 Å². The van der Waals surface area contributed by atoms with Crippen LogP contribution in [0.5, 0.6) is 5.75 Å². The molecular weight excluding hydrogens is 202 g/mol. The zero-order valence-corrected chi connectivity index (χ0v) is 10.2. The summed E-state index contributed by atoms with van der Waals surface area (Å²) in [6.07, 6.45) is 7.02. The van der Waals surface area contributed by atoms with Gasteiger partial charge in [-0.05, 0) is 24.7 Å². The fourth-order valence-corrected chi connectivity index (χ4v) is 2.24. The van der Waals surface area contributed by atoms with Gasteiger partial charge in [0, 0.05) is 6.04 Å². The molecule has 0 saturated heterocycles. The standard InChI is InChI=1S/C12H19N3O/c1-12(2)5-4-9(6-12)15-11-13-7-10(16-3)8-14-11/h7-9H,4-6H2,1-3H3,(H,13,14,15). The van der Waals surface area contributed by atoms with E-state index < -0.39 is 0 Å². The van der Waals surface area contributed by atoms with Crippen LogP contribution in [0.3, 0.4) is 0 Å². The largest absolute Gasteiger partial charge is 0.494 e. The SMILES string of the molecule is COc1cnc(NC2CCC(C)(C)C2)nc1. The van der Waals surface area contributed by atoms with Gasteiger partial charge >= 0.3 is 0 Å². The molecule has 0 amide bonds. The second kappa shape index (κ2) is 4.28. The summed E-state index contributed by atoms with van der Waals surface area (Å²) in [6, 6.07) is 0.503. The molecule has 4 nitrogen and oxygen atoms in total. The van der Waals surface area contributed by atoms with Crippen molar-refractivity contribution < 1.29 is 4.74 Å². The number of methoxy groups -OCH3 is 1. The smallest absolute Gasteiger partial charge is 0.223 e. The molecule has 16 heavy (non-hydrogen) atoms. The van der Waals surface area contributed by atoms with Crippen LogP contribution in [0, 0.1) is 5.41 Å². The molecular formula is C12H19N3O. The van der Waals surface area contributed by atoms with E-state index in [1.54, 1.807) is 19.5 Å². The van der Waals surface area contributed by atoms with Gasteiger partial charge in [-0.2, -0.15) is 0 Å². The molecule has 4 heteroatoms. The number of nitrogens with one attached hydrogen (secondary N) is 1. The van der Waals surface area contributed by atoms with Crippen molar-refractivity contribution >= 4 is 5.95 Å². The highest BCUT2D eigenvalue weighted by Crippen LogP contribution is 2.37. The number of nitrogens with zero attached hydrogens (tertiary/aromatic N) is 2. The topological polar surface area (TPSA) is 47.0 Å². The van der Waals surface area contributed by atoms with Crippen molar-refractivity contribution in [3.8, 4) is 5.75 Å². The zero-order chi connectivity index (χ0) is 11.6. The van der Waals surface area contributed by atoms with Crippen LogP contribution < -0.4 is 10.1 Å². The average molecular weight is 221 g/mol. The van der Waals surface area contributed by atoms with E-state index in [4.69, 9.17) is 4.74 Å². The van der Waals surface area contributed by atoms with Crippen molar-refractivity contribution in [2.45, 2.75) is 39.2 Å². The first-order valence-corrected chi connectivity index (χ1v) is 5.72. The highest BCUT2D eigenvalue weighted by Gasteiger charge is 2.31. The Bertz CT molecular complexity index is 348. The summed E-state index contributed by atoms with van der Waals surface area (Å²) in [7, 11) is 1.62. The Morgan fingerprint density at radius 2 is 2.06 bits per heavy atom. The van der Waals surface area contributed by atoms with E-state index in [0.29, 0.717) is 23.2 Å². The van der Waals surface area contributed by atoms with Crippen LogP contribution >= 0.6 is 0 Å². The minimum Gasteiger partial charge on any atom is -0.494 e. The van der Waals surface area contributed by atoms with Gasteiger partial charge in [0.15, 0.2) is 5.75 Å². The summed E-state index contributed by atoms with van der Waals surface area (Å²) < 4.78 is 5.02. The van der Waals surface area contributed by atoms with Crippen molar-refractivity contribution in [2.75, 3.05) is 12.4 Å². The first kappa shape index (κ1) is 11.2. The monoisotopic (exact) mass is 221 g/mol. The molecule has 1 aromatic rings. The molecule has 1 atom stereocenters. The average Bonchev–Trinajstić information content (AvgIpc) is 2.59. The quantitative estimate of drug-likeness (QED) is 0.851. The van der Waals surface area contributed by atoms with Crippen molar-refractivity contribution in [3.63, 3.8) is 0 Å². The first-order valence-electron chi connectivity index (χ1n) is 5.72. The van der Waals surface area contributed by atoms with Crippen molar-refractivity contribution in [3.05, 3.63) is 12.4 Å². The second-order valence-electron chi connectivity index (χ2n) is 5.19. The summed E-state index contributed by atoms with van der Waals surface area (Å²) >= 11 is 0. The van der Waals surface area contributed by atoms with E-state index in [9.17, 15) is 0 Å². The molecule has 1 aliphatic rings. The summed E-state index contributed by atoms with van der Waals surface area (Å²) in [5.74, 6) is 1.39. The highest BCUT2D eigenvalue weighted by molar-refractivity contribution is 5.28. The third-order valence-electron chi connectivity index (χ3n) is 3.17. The molecule has 1 aromatic heterocycles. The number of hydrogen-bond acceptors (Lipinski definition) is 4. The molecule has 0 bridgehead atoms. The van der Waals surface area contributed by atoms with Gasteiger partial charge in [-0.3, -0.25) is 0 Å². The lowest BCUT2D eigenvalue weighted by atomic mass is 9.92. The zero-order valence-electron chi connectivity index (χ0n) is 10.2. The van der Waals surface area contributed by atoms with Crippen LogP contribution in [0.2, 0.25) is 0 Å². The fourth-order valence-electron chi connectivity index (χ4n) is 2.24. The molecule has 0 radical (unpaired) electrons. The minimum absolute atomic E-state index is 0.449. The van der Waals surface area contributed by atoms with Gasteiger partial charge in [0.2, 0.25) is 5.95 Å². The molecule has 88 valence electrons. The molecule has 2 rings (SSSR count). The third-order valence-corrected chi connectivity index (χ3v) is 3.17. The lowest BCUT2D eigenvalue weighted by Gasteiger charge is -2.17. The number of anilines is 1. The molecule has 1 saturated carbocycles. The maximum atomic E-state index is 5.02. The number of rotatable bonds is 3. The van der Waals surface area contributed by atoms with E-state index in [2.05, 4.69) is 29.1 Å². The number of hydrogen-bond donors (Lipinski definition) is 1. The van der Waals surface area contributed by atoms with E-state index in [-0.39, 0.29) is 0 Å². The summed E-state index contributed by atoms with van der Waals surface area (Å²) in [6.45, 7) is 4.62. The van der Waals surface area contributed by atoms with Gasteiger partial charge in [-0.1, -0.05) is 13.8 Å². The molecule has 1 N–H and O–H groups in total. The Labute approximate surface area is 96.4 Å². The maximum absolute atomic E-state index is 5.02. The second-order valence-corrected chi connectivity index (χ2v) is 5.19. The number of ether oxygens (including phenoxy) is 1. The van der Waals surface area contributed by atoms with Crippen LogP contribution in [0.1, 0.15) is 33.1 Å². The summed E-state index contributed by atoms with van der Waals surface area (Å²) in [5.41, 5.74) is 0.449. The van der Waals surface area contributed by atoms with Crippen LogP contribution in [0.4, 0.5) is 5.95 Å². The molecule has 0 aromatic carbocycles. The molecule has 1 aliphatic carbocycles. The Balaban J connectivity index is 1.94. The Hall–Kier alpha value is -1.32. The Morgan fingerprint density at radius 1 is 1.38 bits per heavy atom. The molecule has 1 heterocycles. The third kappa shape index (κ3) is 2.62. The minimum atomic E-state index is 0.449. The predicted octanol–water partition coefficient (Wildman–Crippen LogP) is 2.48. The molecule has 1 unspecified atom stereocenters. The van der Waals surface area contributed by atoms with Gasteiger partial charge in [0.05, 0.1) is 19.5 Å². The van der Waals surface area contributed by atoms with Crippen molar-refractivity contribution in [1.29, 1.82) is 0 Å². The number of aromatic nitrogens is 2. The van der Waals surface area contributed by atoms with Crippen LogP contribution in [-0.4, -0.2) is 23.1 Å². The van der Waals surface area contributed by atoms with Gasteiger partial charge in [0.25, 0.3) is 0 Å². The van der Waals surface area contributed by atoms with E-state index in [1.165, 1.54) is 19.3 Å². The summed E-state index contributed by atoms with van der Waals surface area (Å²) in [4.78, 5) is 8.43. The van der Waals surface area contributed by atoms with Crippen LogP contribution in [0.25, 0.3) is 0 Å². The maximum Gasteiger partial charge on any atom is 0.223 e. The van der Waals surface area contributed by atoms with Crippen molar-refractivity contribution in [1.82, 2.24) is 9.97 Å². The van der Waals surface area contributed by atoms with Gasteiger partial charge in [-0.25, -0.2) is 9.97 Å². The van der Waals surface area contributed by atoms with Gasteiger partial charge < -0.3 is 10.1 Å². The van der Waals surface area contributed by atoms with Gasteiger partial charge in [0.1, 0.15) is 0 Å². The molecule has 0 aliphatic heterocycles. The molecule has 0 spiro atoms. The predicted molar refractivity (Wildman–Crippen MR) is 63.6 cm³/mol. The van der Waals surface area contributed by atoms with Gasteiger partial charge in [-0.15, -0.1) is 0 Å². The first-order chi connectivity index (χ1) is 7.59. The normalized spacial score (nSPS) is 23.1. The van der Waals surface area contributed by atoms with Crippen molar-refractivity contribution in [2.24, 2.45) is 5.41 Å². The van der Waals surface area contributed by atoms with E-state index in [1.807, 2.05) is 0 Å². The van der Waals surface area contributed by atoms with Crippen LogP contribution in [-0.2, 0) is 0 Å². The Morgan fingerprint density at radius 3 is 2.56 bits per heavy atom. The lowest BCUT2D eigenvalue weighted by molar-refractivity contribution is 0.378. The Kier molecular flexibility index (Phi) is 2.99. The summed E-state index contributed by atoms with van der Waals surface area (Å²) in [5, 5.41) is 3.37. The van der Waals surface area contributed by atoms with E-state index >= 15 is 0 Å². The lowest BCUT2D eigenvalue weighted by Crippen LogP contribution is -2.19. The van der Waals surface area contributed by atoms with Crippen LogP contribution in [0.15, 0.2) is 12.4 Å². The molecule has 1 fully saturated rings.